The predicted molar refractivity (Wildman–Crippen MR) is 147 cm³/mol. The van der Waals surface area contributed by atoms with Crippen LogP contribution in [0, 0.1) is 20.8 Å². The SMILES string of the molecule is C=C(c1ccc(CC)cc1)c1c(-n2c(C)nnc2[C@@H](C)CC(=O)Nc2ccc(O)cc2)sc(C)c1C. The minimum Gasteiger partial charge on any atom is -0.508 e. The van der Waals surface area contributed by atoms with Crippen LogP contribution in [-0.2, 0) is 11.2 Å². The van der Waals surface area contributed by atoms with Gasteiger partial charge in [-0.05, 0) is 73.7 Å². The van der Waals surface area contributed by atoms with E-state index in [1.54, 1.807) is 35.6 Å². The summed E-state index contributed by atoms with van der Waals surface area (Å²) in [5.74, 6) is 1.37. The molecule has 0 fully saturated rings. The van der Waals surface area contributed by atoms with Crippen LogP contribution in [0.3, 0.4) is 0 Å². The van der Waals surface area contributed by atoms with Crippen molar-refractivity contribution in [1.82, 2.24) is 14.8 Å². The molecule has 0 aliphatic carbocycles. The number of anilines is 1. The first kappa shape index (κ1) is 25.4. The predicted octanol–water partition coefficient (Wildman–Crippen LogP) is 6.72. The third kappa shape index (κ3) is 5.11. The maximum atomic E-state index is 12.8. The van der Waals surface area contributed by atoms with Crippen LogP contribution >= 0.6 is 11.3 Å². The lowest BCUT2D eigenvalue weighted by molar-refractivity contribution is -0.116. The fraction of sp³-hybridized carbons (Fsp3) is 0.276. The van der Waals surface area contributed by atoms with E-state index in [1.807, 2.05) is 13.8 Å². The summed E-state index contributed by atoms with van der Waals surface area (Å²) in [5.41, 5.74) is 6.26. The van der Waals surface area contributed by atoms with Crippen LogP contribution < -0.4 is 5.32 Å². The first-order chi connectivity index (χ1) is 17.2. The van der Waals surface area contributed by atoms with E-state index >= 15 is 0 Å². The average Bonchev–Trinajstić information content (AvgIpc) is 3.38. The molecule has 2 aromatic heterocycles. The highest BCUT2D eigenvalue weighted by molar-refractivity contribution is 7.15. The molecule has 0 bridgehead atoms. The van der Waals surface area contributed by atoms with Crippen molar-refractivity contribution < 1.29 is 9.90 Å². The Morgan fingerprint density at radius 1 is 1.08 bits per heavy atom. The average molecular weight is 501 g/mol. The molecule has 2 aromatic carbocycles. The number of amides is 1. The second kappa shape index (κ2) is 10.5. The van der Waals surface area contributed by atoms with E-state index in [0.717, 1.165) is 39.8 Å². The zero-order valence-corrected chi connectivity index (χ0v) is 22.2. The summed E-state index contributed by atoms with van der Waals surface area (Å²) in [7, 11) is 0. The Kier molecular flexibility index (Phi) is 7.40. The van der Waals surface area contributed by atoms with Gasteiger partial charge < -0.3 is 10.4 Å². The van der Waals surface area contributed by atoms with Crippen LogP contribution in [0.4, 0.5) is 5.69 Å². The molecule has 0 saturated carbocycles. The van der Waals surface area contributed by atoms with Crippen LogP contribution in [0.5, 0.6) is 5.75 Å². The molecule has 1 amide bonds. The summed E-state index contributed by atoms with van der Waals surface area (Å²) in [6.45, 7) is 14.8. The zero-order chi connectivity index (χ0) is 26.0. The molecule has 2 N–H and O–H groups in total. The Morgan fingerprint density at radius 2 is 1.75 bits per heavy atom. The van der Waals surface area contributed by atoms with Gasteiger partial charge in [-0.3, -0.25) is 9.36 Å². The number of benzene rings is 2. The number of rotatable bonds is 8. The highest BCUT2D eigenvalue weighted by Crippen LogP contribution is 2.39. The Labute approximate surface area is 216 Å². The standard InChI is InChI=1S/C29H32N4O2S/c1-7-22-8-10-23(11-9-22)19(4)27-18(3)20(5)36-29(27)33-21(6)31-32-28(33)17(2)16-26(35)30-24-12-14-25(34)15-13-24/h8-15,17,34H,4,7,16H2,1-3,5-6H3,(H,30,35)/t17-/m0/s1. The van der Waals surface area contributed by atoms with E-state index in [1.165, 1.54) is 16.0 Å². The normalized spacial score (nSPS) is 11.9. The second-order valence-corrected chi connectivity index (χ2v) is 10.3. The van der Waals surface area contributed by atoms with Crippen molar-refractivity contribution >= 4 is 28.5 Å². The number of carbonyl (C=O) groups excluding carboxylic acids is 1. The number of phenols is 1. The number of hydrogen-bond acceptors (Lipinski definition) is 5. The molecule has 36 heavy (non-hydrogen) atoms. The van der Waals surface area contributed by atoms with Crippen LogP contribution in [-0.4, -0.2) is 25.8 Å². The summed E-state index contributed by atoms with van der Waals surface area (Å²) in [6.07, 6.45) is 1.24. The molecule has 6 nitrogen and oxygen atoms in total. The lowest BCUT2D eigenvalue weighted by atomic mass is 9.96. The van der Waals surface area contributed by atoms with Crippen LogP contribution in [0.25, 0.3) is 10.6 Å². The molecule has 0 saturated heterocycles. The molecule has 7 heteroatoms. The number of nitrogens with zero attached hydrogens (tertiary/aromatic N) is 3. The fourth-order valence-electron chi connectivity index (χ4n) is 4.28. The summed E-state index contributed by atoms with van der Waals surface area (Å²) in [4.78, 5) is 14.0. The van der Waals surface area contributed by atoms with Crippen LogP contribution in [0.2, 0.25) is 0 Å². The van der Waals surface area contributed by atoms with Gasteiger partial charge in [0.25, 0.3) is 0 Å². The van der Waals surface area contributed by atoms with Gasteiger partial charge in [0.15, 0.2) is 0 Å². The number of aromatic hydroxyl groups is 1. The van der Waals surface area contributed by atoms with Crippen molar-refractivity contribution in [2.45, 2.75) is 53.4 Å². The van der Waals surface area contributed by atoms with E-state index < -0.39 is 0 Å². The molecular weight excluding hydrogens is 468 g/mol. The minimum atomic E-state index is -0.170. The lowest BCUT2D eigenvalue weighted by Gasteiger charge is -2.16. The molecule has 4 aromatic rings. The second-order valence-electron chi connectivity index (χ2n) is 9.13. The Hall–Kier alpha value is -3.71. The highest BCUT2D eigenvalue weighted by Gasteiger charge is 2.25. The molecule has 4 rings (SSSR count). The van der Waals surface area contributed by atoms with E-state index in [0.29, 0.717) is 5.69 Å². The molecule has 0 aliphatic heterocycles. The Balaban J connectivity index is 1.65. The van der Waals surface area contributed by atoms with E-state index in [-0.39, 0.29) is 24.0 Å². The molecule has 2 heterocycles. The van der Waals surface area contributed by atoms with Gasteiger partial charge in [-0.25, -0.2) is 0 Å². The lowest BCUT2D eigenvalue weighted by Crippen LogP contribution is -2.16. The molecule has 0 aliphatic rings. The first-order valence-corrected chi connectivity index (χ1v) is 12.9. The number of aromatic nitrogens is 3. The number of carbonyl (C=O) groups is 1. The molecule has 0 radical (unpaired) electrons. The quantitative estimate of drug-likeness (QED) is 0.263. The van der Waals surface area contributed by atoms with Crippen LogP contribution in [0.15, 0.2) is 55.1 Å². The van der Waals surface area contributed by atoms with Crippen molar-refractivity contribution in [3.05, 3.63) is 93.9 Å². The third-order valence-corrected chi connectivity index (χ3v) is 7.71. The maximum absolute atomic E-state index is 12.8. The van der Waals surface area contributed by atoms with E-state index in [9.17, 15) is 9.90 Å². The number of phenolic OH excluding ortho intramolecular Hbond substituents is 1. The number of hydrogen-bond donors (Lipinski definition) is 2. The smallest absolute Gasteiger partial charge is 0.225 e. The number of thiophene rings is 1. The molecule has 0 unspecified atom stereocenters. The maximum Gasteiger partial charge on any atom is 0.225 e. The monoisotopic (exact) mass is 500 g/mol. The zero-order valence-electron chi connectivity index (χ0n) is 21.4. The van der Waals surface area contributed by atoms with E-state index in [4.69, 9.17) is 0 Å². The third-order valence-electron chi connectivity index (χ3n) is 6.52. The van der Waals surface area contributed by atoms with Crippen molar-refractivity contribution in [3.63, 3.8) is 0 Å². The first-order valence-electron chi connectivity index (χ1n) is 12.1. The minimum absolute atomic E-state index is 0.125. The van der Waals surface area contributed by atoms with Gasteiger partial charge in [0, 0.05) is 28.5 Å². The van der Waals surface area contributed by atoms with Gasteiger partial charge >= 0.3 is 0 Å². The summed E-state index contributed by atoms with van der Waals surface area (Å²) in [6, 6.07) is 15.0. The fourth-order valence-corrected chi connectivity index (χ4v) is 5.52. The molecule has 0 spiro atoms. The van der Waals surface area contributed by atoms with Crippen molar-refractivity contribution in [2.75, 3.05) is 5.32 Å². The Bertz CT molecular complexity index is 1400. The van der Waals surface area contributed by atoms with Crippen LogP contribution in [0.1, 0.15) is 65.0 Å². The summed E-state index contributed by atoms with van der Waals surface area (Å²) < 4.78 is 2.07. The van der Waals surface area contributed by atoms with Crippen molar-refractivity contribution in [2.24, 2.45) is 0 Å². The van der Waals surface area contributed by atoms with Gasteiger partial charge in [0.2, 0.25) is 5.91 Å². The van der Waals surface area contributed by atoms with Gasteiger partial charge in [0.05, 0.1) is 0 Å². The number of aryl methyl sites for hydroxylation is 3. The summed E-state index contributed by atoms with van der Waals surface area (Å²) >= 11 is 1.70. The van der Waals surface area contributed by atoms with Crippen molar-refractivity contribution in [1.29, 1.82) is 0 Å². The largest absolute Gasteiger partial charge is 0.508 e. The van der Waals surface area contributed by atoms with Gasteiger partial charge in [0.1, 0.15) is 22.4 Å². The molecular formula is C29H32N4O2S. The highest BCUT2D eigenvalue weighted by atomic mass is 32.1. The molecule has 186 valence electrons. The summed E-state index contributed by atoms with van der Waals surface area (Å²) in [5, 5.41) is 22.2. The van der Waals surface area contributed by atoms with Gasteiger partial charge in [-0.15, -0.1) is 21.5 Å². The van der Waals surface area contributed by atoms with Gasteiger partial charge in [-0.2, -0.15) is 0 Å². The van der Waals surface area contributed by atoms with E-state index in [2.05, 4.69) is 71.7 Å². The Morgan fingerprint density at radius 3 is 2.39 bits per heavy atom. The topological polar surface area (TPSA) is 80.0 Å². The van der Waals surface area contributed by atoms with Gasteiger partial charge in [-0.1, -0.05) is 44.7 Å². The number of nitrogens with one attached hydrogen (secondary N) is 1. The van der Waals surface area contributed by atoms with Crippen molar-refractivity contribution in [3.8, 4) is 10.8 Å². The molecule has 1 atom stereocenters.